The fraction of sp³-hybridized carbons (Fsp3) is 0.929. The molecule has 0 amide bonds. The number of nitrogens with one attached hydrogen (secondary N) is 1. The number of carbonyl (C=O) groups is 2. The fourth-order valence-electron chi connectivity index (χ4n) is 3.87. The maximum absolute atomic E-state index is 12.5. The van der Waals surface area contributed by atoms with Crippen molar-refractivity contribution in [3.05, 3.63) is 0 Å². The number of hydrogen-bond donors (Lipinski definition) is 1. The Morgan fingerprint density at radius 1 is 0.576 bits per heavy atom. The highest BCUT2D eigenvalue weighted by atomic mass is 16.5. The Balaban J connectivity index is 4.00. The quantitative estimate of drug-likeness (QED) is 0.111. The zero-order valence-electron chi connectivity index (χ0n) is 22.3. The Bertz CT molecular complexity index is 442. The van der Waals surface area contributed by atoms with Crippen LogP contribution in [0.4, 0.5) is 0 Å². The van der Waals surface area contributed by atoms with Gasteiger partial charge in [0.15, 0.2) is 0 Å². The molecule has 0 saturated heterocycles. The minimum Gasteiger partial charge on any atom is -0.466 e. The first-order valence-corrected chi connectivity index (χ1v) is 14.2. The van der Waals surface area contributed by atoms with Gasteiger partial charge in [-0.05, 0) is 25.8 Å². The zero-order valence-corrected chi connectivity index (χ0v) is 22.3. The van der Waals surface area contributed by atoms with Crippen LogP contribution in [-0.2, 0) is 19.1 Å². The van der Waals surface area contributed by atoms with Crippen LogP contribution in [0.2, 0.25) is 0 Å². The Morgan fingerprint density at radius 2 is 1.00 bits per heavy atom. The van der Waals surface area contributed by atoms with Gasteiger partial charge in [-0.15, -0.1) is 0 Å². The number of unbranched alkanes of at least 4 members (excludes halogenated alkanes) is 15. The highest BCUT2D eigenvalue weighted by Gasteiger charge is 2.23. The molecule has 0 aliphatic rings. The molecule has 0 spiro atoms. The molecule has 0 aliphatic heterocycles. The van der Waals surface area contributed by atoms with Crippen LogP contribution in [0.5, 0.6) is 0 Å². The van der Waals surface area contributed by atoms with Gasteiger partial charge in [-0.1, -0.05) is 117 Å². The highest BCUT2D eigenvalue weighted by molar-refractivity contribution is 5.82. The van der Waals surface area contributed by atoms with Crippen molar-refractivity contribution in [1.82, 2.24) is 5.32 Å². The first-order valence-electron chi connectivity index (χ1n) is 14.2. The molecule has 0 fully saturated rings. The van der Waals surface area contributed by atoms with Crippen molar-refractivity contribution in [3.8, 4) is 0 Å². The van der Waals surface area contributed by atoms with Crippen molar-refractivity contribution in [3.63, 3.8) is 0 Å². The number of ether oxygens (including phenoxy) is 2. The van der Waals surface area contributed by atoms with Crippen LogP contribution in [0.25, 0.3) is 0 Å². The van der Waals surface area contributed by atoms with E-state index in [9.17, 15) is 9.59 Å². The van der Waals surface area contributed by atoms with E-state index in [2.05, 4.69) is 26.1 Å². The summed E-state index contributed by atoms with van der Waals surface area (Å²) in [5.74, 6) is -0.639. The number of rotatable bonds is 25. The Kier molecular flexibility index (Phi) is 24.7. The molecule has 5 heteroatoms. The highest BCUT2D eigenvalue weighted by Crippen LogP contribution is 2.12. The van der Waals surface area contributed by atoms with E-state index < -0.39 is 6.04 Å². The molecule has 1 atom stereocenters. The number of esters is 2. The molecule has 33 heavy (non-hydrogen) atoms. The van der Waals surface area contributed by atoms with Gasteiger partial charge >= 0.3 is 11.9 Å². The van der Waals surface area contributed by atoms with Gasteiger partial charge in [0.1, 0.15) is 6.04 Å². The average molecular weight is 470 g/mol. The minimum atomic E-state index is -0.599. The molecule has 0 unspecified atom stereocenters. The lowest BCUT2D eigenvalue weighted by Crippen LogP contribution is -2.40. The van der Waals surface area contributed by atoms with Crippen LogP contribution in [0.3, 0.4) is 0 Å². The van der Waals surface area contributed by atoms with Crippen LogP contribution < -0.4 is 5.32 Å². The lowest BCUT2D eigenvalue weighted by Gasteiger charge is -2.17. The summed E-state index contributed by atoms with van der Waals surface area (Å²) in [5, 5.41) is 3.25. The maximum Gasteiger partial charge on any atom is 0.323 e. The van der Waals surface area contributed by atoms with Gasteiger partial charge in [-0.3, -0.25) is 9.59 Å². The second kappa shape index (κ2) is 25.5. The Labute approximate surface area is 205 Å². The molecule has 0 aromatic heterocycles. The zero-order chi connectivity index (χ0) is 24.4. The van der Waals surface area contributed by atoms with Crippen molar-refractivity contribution >= 4 is 11.9 Å². The molecule has 0 rings (SSSR count). The predicted octanol–water partition coefficient (Wildman–Crippen LogP) is 7.50. The van der Waals surface area contributed by atoms with E-state index in [1.165, 1.54) is 64.2 Å². The maximum atomic E-state index is 12.5. The summed E-state index contributed by atoms with van der Waals surface area (Å²) in [4.78, 5) is 24.6. The van der Waals surface area contributed by atoms with Crippen LogP contribution in [-0.4, -0.2) is 37.7 Å². The van der Waals surface area contributed by atoms with E-state index in [1.54, 1.807) is 0 Å². The van der Waals surface area contributed by atoms with Crippen molar-refractivity contribution in [2.24, 2.45) is 0 Å². The second-order valence-electron chi connectivity index (χ2n) is 9.40. The van der Waals surface area contributed by atoms with Crippen LogP contribution in [0.15, 0.2) is 0 Å². The van der Waals surface area contributed by atoms with Crippen LogP contribution in [0.1, 0.15) is 143 Å². The summed E-state index contributed by atoms with van der Waals surface area (Å²) in [6.07, 6.45) is 21.7. The molecule has 0 aliphatic carbocycles. The first-order chi connectivity index (χ1) is 16.2. The van der Waals surface area contributed by atoms with Gasteiger partial charge in [-0.25, -0.2) is 0 Å². The van der Waals surface area contributed by atoms with Gasteiger partial charge in [0, 0.05) is 0 Å². The third kappa shape index (κ3) is 22.5. The largest absolute Gasteiger partial charge is 0.466 e. The van der Waals surface area contributed by atoms with Crippen molar-refractivity contribution in [2.45, 2.75) is 149 Å². The Morgan fingerprint density at radius 3 is 1.52 bits per heavy atom. The summed E-state index contributed by atoms with van der Waals surface area (Å²) in [5.41, 5.74) is 0. The SMILES string of the molecule is CCCCCCCCCCCCCCN[C@@H](CC(=O)OCCCCC)C(=O)OCCCCC. The third-order valence-corrected chi connectivity index (χ3v) is 6.08. The van der Waals surface area contributed by atoms with Crippen LogP contribution in [0, 0.1) is 0 Å². The summed E-state index contributed by atoms with van der Waals surface area (Å²) < 4.78 is 10.7. The van der Waals surface area contributed by atoms with E-state index >= 15 is 0 Å². The molecule has 1 N–H and O–H groups in total. The van der Waals surface area contributed by atoms with Gasteiger partial charge in [0.25, 0.3) is 0 Å². The van der Waals surface area contributed by atoms with Crippen molar-refractivity contribution in [1.29, 1.82) is 0 Å². The number of carbonyl (C=O) groups excluding carboxylic acids is 2. The molecular weight excluding hydrogens is 414 g/mol. The van der Waals surface area contributed by atoms with E-state index in [-0.39, 0.29) is 18.4 Å². The summed E-state index contributed by atoms with van der Waals surface area (Å²) >= 11 is 0. The summed E-state index contributed by atoms with van der Waals surface area (Å²) in [6.45, 7) is 8.09. The second-order valence-corrected chi connectivity index (χ2v) is 9.40. The normalized spacial score (nSPS) is 12.0. The molecule has 0 aromatic rings. The molecule has 196 valence electrons. The topological polar surface area (TPSA) is 64.6 Å². The van der Waals surface area contributed by atoms with Gasteiger partial charge < -0.3 is 14.8 Å². The lowest BCUT2D eigenvalue weighted by molar-refractivity contribution is -0.153. The molecular formula is C28H55NO4. The summed E-state index contributed by atoms with van der Waals surface area (Å²) in [7, 11) is 0. The molecule has 0 saturated carbocycles. The average Bonchev–Trinajstić information content (AvgIpc) is 2.81. The van der Waals surface area contributed by atoms with E-state index in [1.807, 2.05) is 0 Å². The monoisotopic (exact) mass is 469 g/mol. The van der Waals surface area contributed by atoms with Crippen molar-refractivity contribution < 1.29 is 19.1 Å². The third-order valence-electron chi connectivity index (χ3n) is 6.08. The lowest BCUT2D eigenvalue weighted by atomic mass is 10.1. The van der Waals surface area contributed by atoms with Crippen molar-refractivity contribution in [2.75, 3.05) is 19.8 Å². The minimum absolute atomic E-state index is 0.0526. The first kappa shape index (κ1) is 31.9. The summed E-state index contributed by atoms with van der Waals surface area (Å²) in [6, 6.07) is -0.599. The van der Waals surface area contributed by atoms with E-state index in [0.717, 1.165) is 57.9 Å². The fourth-order valence-corrected chi connectivity index (χ4v) is 3.87. The van der Waals surface area contributed by atoms with Gasteiger partial charge in [0.05, 0.1) is 19.6 Å². The Hall–Kier alpha value is -1.10. The van der Waals surface area contributed by atoms with Gasteiger partial charge in [0.2, 0.25) is 0 Å². The van der Waals surface area contributed by atoms with Crippen LogP contribution >= 0.6 is 0 Å². The predicted molar refractivity (Wildman–Crippen MR) is 138 cm³/mol. The molecule has 0 aromatic carbocycles. The van der Waals surface area contributed by atoms with E-state index in [0.29, 0.717) is 13.2 Å². The van der Waals surface area contributed by atoms with Gasteiger partial charge in [-0.2, -0.15) is 0 Å². The molecule has 5 nitrogen and oxygen atoms in total. The molecule has 0 radical (unpaired) electrons. The molecule has 0 heterocycles. The van der Waals surface area contributed by atoms with E-state index in [4.69, 9.17) is 9.47 Å². The number of hydrogen-bond acceptors (Lipinski definition) is 5. The molecule has 0 bridgehead atoms. The smallest absolute Gasteiger partial charge is 0.323 e. The standard InChI is InChI=1S/C28H55NO4/c1-4-7-10-11-12-13-14-15-16-17-18-19-22-29-26(28(31)33-24-21-9-6-3)25-27(30)32-23-20-8-5-2/h26,29H,4-25H2,1-3H3/t26-/m0/s1.